The molecule has 9 nitrogen and oxygen atoms in total. The Kier molecular flexibility index (Phi) is 11.5. The van der Waals surface area contributed by atoms with Gasteiger partial charge in [0.15, 0.2) is 11.6 Å². The molecular weight excluding hydrogens is 655 g/mol. The van der Waals surface area contributed by atoms with Crippen LogP contribution in [0, 0.1) is 6.07 Å². The molecule has 38 heavy (non-hydrogen) atoms. The van der Waals surface area contributed by atoms with E-state index in [0.717, 1.165) is 28.6 Å². The van der Waals surface area contributed by atoms with Gasteiger partial charge in [0.05, 0.1) is 0 Å². The normalized spacial score (nSPS) is 9.61. The van der Waals surface area contributed by atoms with Gasteiger partial charge in [0.25, 0.3) is 0 Å². The van der Waals surface area contributed by atoms with Crippen LogP contribution in [0.4, 0.5) is 0 Å². The van der Waals surface area contributed by atoms with Crippen LogP contribution < -0.4 is 10.5 Å². The maximum absolute atomic E-state index is 5.30. The van der Waals surface area contributed by atoms with Gasteiger partial charge >= 0.3 is 19.8 Å². The van der Waals surface area contributed by atoms with E-state index >= 15 is 0 Å². The summed E-state index contributed by atoms with van der Waals surface area (Å²) in [7, 11) is 0. The van der Waals surface area contributed by atoms with Crippen LogP contribution in [0.1, 0.15) is 0 Å². The number of rotatable bonds is 5. The second-order valence-electron chi connectivity index (χ2n) is 7.24. The van der Waals surface area contributed by atoms with E-state index in [1.807, 2.05) is 91.3 Å². The molecule has 2 N–H and O–H groups in total. The van der Waals surface area contributed by atoms with Gasteiger partial charge in [-0.15, -0.1) is 29.8 Å². The Labute approximate surface area is 234 Å². The Morgan fingerprint density at radius 2 is 1.26 bits per heavy atom. The van der Waals surface area contributed by atoms with E-state index < -0.39 is 0 Å². The van der Waals surface area contributed by atoms with Crippen LogP contribution in [0.15, 0.2) is 128 Å². The van der Waals surface area contributed by atoms with Crippen LogP contribution in [0.2, 0.25) is 0 Å². The first-order valence-corrected chi connectivity index (χ1v) is 11.4. The molecule has 10 heteroatoms. The van der Waals surface area contributed by atoms with Gasteiger partial charge in [-0.25, -0.2) is 19.3 Å². The monoisotopic (exact) mass is 681 g/mol. The molecule has 0 unspecified atom stereocenters. The van der Waals surface area contributed by atoms with Crippen molar-refractivity contribution >= 4 is 0 Å². The molecule has 6 rings (SSSR count). The molecule has 1 radical (unpaired) electrons. The summed E-state index contributed by atoms with van der Waals surface area (Å²) in [5, 5.41) is 8.08. The fourth-order valence-corrected chi connectivity index (χ4v) is 3.09. The Balaban J connectivity index is 0.000000158. The van der Waals surface area contributed by atoms with Crippen molar-refractivity contribution in [3.05, 3.63) is 134 Å². The SMILES string of the molecule is NCOc1cc[c-]c(-c2ccccn2)c1.[Os+].c1ccc(-n2cccn2)nc1.c1ccc(-n2cccn2)nc1. The summed E-state index contributed by atoms with van der Waals surface area (Å²) < 4.78 is 8.64. The first-order chi connectivity index (χ1) is 18.3. The number of benzene rings is 1. The Hall–Kier alpha value is -4.51. The summed E-state index contributed by atoms with van der Waals surface area (Å²) in [5.74, 6) is 2.42. The van der Waals surface area contributed by atoms with E-state index in [-0.39, 0.29) is 26.5 Å². The summed E-state index contributed by atoms with van der Waals surface area (Å²) >= 11 is 0. The molecule has 0 saturated carbocycles. The number of nitrogens with two attached hydrogens (primary N) is 1. The van der Waals surface area contributed by atoms with Gasteiger partial charge < -0.3 is 9.72 Å². The molecule has 0 bridgehead atoms. The number of pyridine rings is 3. The first-order valence-electron chi connectivity index (χ1n) is 11.4. The molecule has 0 saturated heterocycles. The topological polar surface area (TPSA) is 110 Å². The molecule has 0 aliphatic carbocycles. The Morgan fingerprint density at radius 1 is 0.684 bits per heavy atom. The van der Waals surface area contributed by atoms with Crippen molar-refractivity contribution < 1.29 is 24.5 Å². The van der Waals surface area contributed by atoms with Gasteiger partial charge in [0.1, 0.15) is 6.73 Å². The summed E-state index contributed by atoms with van der Waals surface area (Å²) in [6, 6.07) is 29.5. The van der Waals surface area contributed by atoms with Crippen molar-refractivity contribution in [2.45, 2.75) is 0 Å². The number of hydrogen-bond donors (Lipinski definition) is 1. The molecule has 0 aliphatic heterocycles. The fraction of sp³-hybridized carbons (Fsp3) is 0.0357. The predicted molar refractivity (Wildman–Crippen MR) is 141 cm³/mol. The molecule has 0 fully saturated rings. The smallest absolute Gasteiger partial charge is 0.498 e. The average molecular weight is 680 g/mol. The number of nitrogens with zero attached hydrogens (tertiary/aromatic N) is 7. The second kappa shape index (κ2) is 15.6. The summed E-state index contributed by atoms with van der Waals surface area (Å²) in [5.41, 5.74) is 7.08. The largest absolute Gasteiger partial charge is 1.00 e. The van der Waals surface area contributed by atoms with Crippen LogP contribution in [0.3, 0.4) is 0 Å². The number of aromatic nitrogens is 7. The molecule has 0 aliphatic rings. The van der Waals surface area contributed by atoms with Crippen molar-refractivity contribution in [2.24, 2.45) is 5.73 Å². The third-order valence-corrected chi connectivity index (χ3v) is 4.74. The molecule has 0 amide bonds. The third kappa shape index (κ3) is 8.56. The van der Waals surface area contributed by atoms with Crippen LogP contribution in [0.25, 0.3) is 22.9 Å². The van der Waals surface area contributed by atoms with Crippen LogP contribution in [-0.2, 0) is 19.8 Å². The zero-order valence-corrected chi connectivity index (χ0v) is 22.8. The maximum Gasteiger partial charge on any atom is 1.00 e. The average Bonchev–Trinajstić information content (AvgIpc) is 3.71. The van der Waals surface area contributed by atoms with E-state index in [1.54, 1.807) is 46.4 Å². The maximum atomic E-state index is 5.30. The van der Waals surface area contributed by atoms with E-state index in [4.69, 9.17) is 10.5 Å². The van der Waals surface area contributed by atoms with Crippen molar-refractivity contribution in [1.29, 1.82) is 0 Å². The summed E-state index contributed by atoms with van der Waals surface area (Å²) in [6.07, 6.45) is 12.4. The van der Waals surface area contributed by atoms with Crippen LogP contribution in [0.5, 0.6) is 5.75 Å². The zero-order chi connectivity index (χ0) is 25.5. The van der Waals surface area contributed by atoms with Crippen molar-refractivity contribution in [1.82, 2.24) is 34.5 Å². The Morgan fingerprint density at radius 3 is 1.71 bits per heavy atom. The van der Waals surface area contributed by atoms with Gasteiger partial charge in [-0.2, -0.15) is 10.2 Å². The first kappa shape index (κ1) is 28.1. The minimum Gasteiger partial charge on any atom is -0.498 e. The standard InChI is InChI=1S/C12H11N2O.2C8H7N3.Os/c13-9-15-11-5-3-4-10(8-11)12-6-1-2-7-14-12;2*1-2-5-9-8(4-1)11-7-3-6-10-11;/h1-3,5-8H,9,13H2;2*1-7H;/q-1;;;+1. The van der Waals surface area contributed by atoms with E-state index in [9.17, 15) is 0 Å². The van der Waals surface area contributed by atoms with Crippen molar-refractivity contribution in [2.75, 3.05) is 6.73 Å². The number of hydrogen-bond acceptors (Lipinski definition) is 7. The van der Waals surface area contributed by atoms with Crippen LogP contribution in [-0.4, -0.2) is 41.2 Å². The van der Waals surface area contributed by atoms with Gasteiger partial charge in [-0.3, -0.25) is 5.73 Å². The van der Waals surface area contributed by atoms with E-state index in [2.05, 4.69) is 31.2 Å². The molecule has 1 aromatic carbocycles. The van der Waals surface area contributed by atoms with Crippen LogP contribution >= 0.6 is 0 Å². The van der Waals surface area contributed by atoms with E-state index in [1.165, 1.54) is 0 Å². The van der Waals surface area contributed by atoms with Gasteiger partial charge in [0, 0.05) is 49.1 Å². The van der Waals surface area contributed by atoms with Crippen molar-refractivity contribution in [3.8, 4) is 28.6 Å². The van der Waals surface area contributed by atoms with Gasteiger partial charge in [-0.05, 0) is 48.2 Å². The molecule has 0 spiro atoms. The summed E-state index contributed by atoms with van der Waals surface area (Å²) in [6.45, 7) is 0.172. The molecule has 6 aromatic rings. The predicted octanol–water partition coefficient (Wildman–Crippen LogP) is 4.38. The van der Waals surface area contributed by atoms with Crippen molar-refractivity contribution in [3.63, 3.8) is 0 Å². The minimum absolute atomic E-state index is 0. The number of ether oxygens (including phenoxy) is 1. The Bertz CT molecular complexity index is 1350. The van der Waals surface area contributed by atoms with Gasteiger partial charge in [-0.1, -0.05) is 24.3 Å². The molecule has 191 valence electrons. The summed E-state index contributed by atoms with van der Waals surface area (Å²) in [4.78, 5) is 12.5. The minimum atomic E-state index is 0. The quantitative estimate of drug-likeness (QED) is 0.213. The van der Waals surface area contributed by atoms with Gasteiger partial charge in [0.2, 0.25) is 0 Å². The third-order valence-electron chi connectivity index (χ3n) is 4.74. The molecule has 5 heterocycles. The second-order valence-corrected chi connectivity index (χ2v) is 7.24. The molecular formula is C28H25N8OOs. The zero-order valence-electron chi connectivity index (χ0n) is 20.3. The molecule has 0 atom stereocenters. The van der Waals surface area contributed by atoms with E-state index in [0.29, 0.717) is 0 Å². The molecule has 5 aromatic heterocycles. The fourth-order valence-electron chi connectivity index (χ4n) is 3.09.